The molecule has 4 rings (SSSR count). The van der Waals surface area contributed by atoms with Gasteiger partial charge in [-0.3, -0.25) is 0 Å². The number of hydrogen-bond acceptors (Lipinski definition) is 5. The van der Waals surface area contributed by atoms with Gasteiger partial charge in [0.1, 0.15) is 11.8 Å². The average molecular weight is 494 g/mol. The lowest BCUT2D eigenvalue weighted by Crippen LogP contribution is -2.03. The van der Waals surface area contributed by atoms with E-state index in [0.717, 1.165) is 15.6 Å². The summed E-state index contributed by atoms with van der Waals surface area (Å²) in [4.78, 5) is 0. The highest BCUT2D eigenvalue weighted by Gasteiger charge is 2.25. The van der Waals surface area contributed by atoms with Gasteiger partial charge in [-0.05, 0) is 31.2 Å². The van der Waals surface area contributed by atoms with Crippen molar-refractivity contribution in [1.29, 1.82) is 0 Å². The lowest BCUT2D eigenvalue weighted by molar-refractivity contribution is 0.214. The lowest BCUT2D eigenvalue weighted by Gasteiger charge is -2.08. The maximum Gasteiger partial charge on any atom is 0.173 e. The summed E-state index contributed by atoms with van der Waals surface area (Å²) in [5.74, 6) is 0.492. The minimum absolute atomic E-state index is 0.334. The zero-order valence-electron chi connectivity index (χ0n) is 15.2. The van der Waals surface area contributed by atoms with Crippen LogP contribution in [-0.2, 0) is 6.54 Å². The van der Waals surface area contributed by atoms with Gasteiger partial charge in [0, 0.05) is 25.6 Å². The molecule has 4 aromatic rings. The van der Waals surface area contributed by atoms with Crippen LogP contribution in [0.15, 0.2) is 57.7 Å². The first-order valence-corrected chi connectivity index (χ1v) is 10.2. The molecule has 9 heteroatoms. The van der Waals surface area contributed by atoms with Gasteiger partial charge in [0.15, 0.2) is 5.76 Å². The van der Waals surface area contributed by atoms with Crippen molar-refractivity contribution in [3.63, 3.8) is 0 Å². The Balaban J connectivity index is 1.64. The van der Waals surface area contributed by atoms with Crippen molar-refractivity contribution in [2.24, 2.45) is 0 Å². The Kier molecular flexibility index (Phi) is 5.74. The second-order valence-corrected chi connectivity index (χ2v) is 8.19. The van der Waals surface area contributed by atoms with Crippen LogP contribution in [0.3, 0.4) is 0 Å². The molecule has 0 saturated carbocycles. The maximum absolute atomic E-state index is 11.0. The fourth-order valence-electron chi connectivity index (χ4n) is 3.02. The minimum Gasteiger partial charge on any atom is -0.382 e. The number of aryl methyl sites for hydroxylation is 1. The first-order chi connectivity index (χ1) is 13.9. The number of aromatic nitrogens is 4. The summed E-state index contributed by atoms with van der Waals surface area (Å²) in [5.41, 5.74) is 3.05. The van der Waals surface area contributed by atoms with Crippen LogP contribution >= 0.6 is 39.1 Å². The van der Waals surface area contributed by atoms with Gasteiger partial charge in [0.25, 0.3) is 0 Å². The molecule has 0 saturated heterocycles. The molecular weight excluding hydrogens is 479 g/mol. The standard InChI is InChI=1S/C20H15BrCl2N4O2/c1-11-18(20(29-25-11)12-5-7-13(21)8-6-12)19(28)17-10-27(26-24-17)9-14-15(22)3-2-4-16(14)23/h2-8,10,19,28H,9H2,1H3. The molecule has 0 bridgehead atoms. The van der Waals surface area contributed by atoms with E-state index in [4.69, 9.17) is 27.7 Å². The van der Waals surface area contributed by atoms with E-state index in [1.54, 1.807) is 36.0 Å². The number of rotatable bonds is 5. The molecule has 148 valence electrons. The van der Waals surface area contributed by atoms with Gasteiger partial charge < -0.3 is 9.63 Å². The Morgan fingerprint density at radius 1 is 1.14 bits per heavy atom. The SMILES string of the molecule is Cc1noc(-c2ccc(Br)cc2)c1C(O)c1cn(Cc2c(Cl)cccc2Cl)nn1. The number of aliphatic hydroxyl groups is 1. The van der Waals surface area contributed by atoms with E-state index in [0.29, 0.717) is 39.3 Å². The molecule has 0 radical (unpaired) electrons. The molecule has 6 nitrogen and oxygen atoms in total. The molecular formula is C20H15BrCl2N4O2. The zero-order chi connectivity index (χ0) is 20.5. The van der Waals surface area contributed by atoms with Gasteiger partial charge in [-0.1, -0.05) is 67.7 Å². The highest BCUT2D eigenvalue weighted by molar-refractivity contribution is 9.10. The minimum atomic E-state index is -1.05. The number of aliphatic hydroxyl groups excluding tert-OH is 1. The highest BCUT2D eigenvalue weighted by atomic mass is 79.9. The predicted molar refractivity (Wildman–Crippen MR) is 114 cm³/mol. The monoisotopic (exact) mass is 492 g/mol. The Hall–Kier alpha value is -2.19. The Bertz CT molecular complexity index is 1140. The van der Waals surface area contributed by atoms with Gasteiger partial charge in [-0.2, -0.15) is 0 Å². The van der Waals surface area contributed by atoms with Gasteiger partial charge in [0.05, 0.1) is 24.0 Å². The van der Waals surface area contributed by atoms with Crippen molar-refractivity contribution in [3.05, 3.63) is 85.7 Å². The van der Waals surface area contributed by atoms with Gasteiger partial charge in [-0.25, -0.2) is 4.68 Å². The summed E-state index contributed by atoms with van der Waals surface area (Å²) in [6.45, 7) is 2.11. The van der Waals surface area contributed by atoms with E-state index < -0.39 is 6.10 Å². The van der Waals surface area contributed by atoms with E-state index >= 15 is 0 Å². The van der Waals surface area contributed by atoms with E-state index in [-0.39, 0.29) is 0 Å². The molecule has 2 aromatic heterocycles. The molecule has 0 fully saturated rings. The molecule has 1 N–H and O–H groups in total. The van der Waals surface area contributed by atoms with E-state index in [1.807, 2.05) is 24.3 Å². The Morgan fingerprint density at radius 3 is 2.52 bits per heavy atom. The fourth-order valence-corrected chi connectivity index (χ4v) is 3.80. The number of hydrogen-bond donors (Lipinski definition) is 1. The molecule has 0 spiro atoms. The van der Waals surface area contributed by atoms with Gasteiger partial charge >= 0.3 is 0 Å². The van der Waals surface area contributed by atoms with Crippen LogP contribution in [-0.4, -0.2) is 25.3 Å². The maximum atomic E-state index is 11.0. The van der Waals surface area contributed by atoms with E-state index in [9.17, 15) is 5.11 Å². The van der Waals surface area contributed by atoms with Crippen molar-refractivity contribution in [2.75, 3.05) is 0 Å². The molecule has 0 aliphatic rings. The summed E-state index contributed by atoms with van der Waals surface area (Å²) < 4.78 is 8.01. The van der Waals surface area contributed by atoms with Crippen LogP contribution in [0.25, 0.3) is 11.3 Å². The average Bonchev–Trinajstić information content (AvgIpc) is 3.32. The summed E-state index contributed by atoms with van der Waals surface area (Å²) in [5, 5.41) is 24.3. The normalized spacial score (nSPS) is 12.3. The zero-order valence-corrected chi connectivity index (χ0v) is 18.3. The van der Waals surface area contributed by atoms with E-state index in [2.05, 4.69) is 31.4 Å². The molecule has 2 aromatic carbocycles. The van der Waals surface area contributed by atoms with Crippen molar-refractivity contribution in [2.45, 2.75) is 19.6 Å². The van der Waals surface area contributed by atoms with Crippen LogP contribution in [0, 0.1) is 6.92 Å². The van der Waals surface area contributed by atoms with Crippen LogP contribution in [0.5, 0.6) is 0 Å². The molecule has 29 heavy (non-hydrogen) atoms. The third-order valence-electron chi connectivity index (χ3n) is 4.51. The molecule has 2 heterocycles. The molecule has 0 amide bonds. The van der Waals surface area contributed by atoms with Crippen LogP contribution in [0.1, 0.15) is 28.6 Å². The van der Waals surface area contributed by atoms with Crippen molar-refractivity contribution < 1.29 is 9.63 Å². The quantitative estimate of drug-likeness (QED) is 0.400. The second-order valence-electron chi connectivity index (χ2n) is 6.46. The first-order valence-electron chi connectivity index (χ1n) is 8.67. The third kappa shape index (κ3) is 4.09. The van der Waals surface area contributed by atoms with Gasteiger partial charge in [0.2, 0.25) is 0 Å². The Morgan fingerprint density at radius 2 is 1.83 bits per heavy atom. The highest BCUT2D eigenvalue weighted by Crippen LogP contribution is 2.34. The van der Waals surface area contributed by atoms with E-state index in [1.165, 1.54) is 0 Å². The Labute approximate surface area is 185 Å². The first kappa shape index (κ1) is 20.1. The summed E-state index contributed by atoms with van der Waals surface area (Å²) in [6, 6.07) is 12.9. The van der Waals surface area contributed by atoms with Gasteiger partial charge in [-0.15, -0.1) is 5.10 Å². The summed E-state index contributed by atoms with van der Waals surface area (Å²) in [6.07, 6.45) is 0.609. The number of halogens is 3. The lowest BCUT2D eigenvalue weighted by atomic mass is 10.0. The summed E-state index contributed by atoms with van der Waals surface area (Å²) in [7, 11) is 0. The van der Waals surface area contributed by atoms with Crippen LogP contribution < -0.4 is 0 Å². The molecule has 0 aliphatic carbocycles. The number of benzene rings is 2. The largest absolute Gasteiger partial charge is 0.382 e. The van der Waals surface area contributed by atoms with Crippen LogP contribution in [0.2, 0.25) is 10.0 Å². The van der Waals surface area contributed by atoms with Crippen molar-refractivity contribution in [3.8, 4) is 11.3 Å². The fraction of sp³-hybridized carbons (Fsp3) is 0.150. The van der Waals surface area contributed by atoms with Crippen molar-refractivity contribution in [1.82, 2.24) is 20.2 Å². The topological polar surface area (TPSA) is 77.0 Å². The van der Waals surface area contributed by atoms with Crippen molar-refractivity contribution >= 4 is 39.1 Å². The third-order valence-corrected chi connectivity index (χ3v) is 5.74. The summed E-state index contributed by atoms with van der Waals surface area (Å²) >= 11 is 15.9. The molecule has 1 unspecified atom stereocenters. The predicted octanol–water partition coefficient (Wildman–Crippen LogP) is 5.44. The smallest absolute Gasteiger partial charge is 0.173 e. The van der Waals surface area contributed by atoms with Crippen LogP contribution in [0.4, 0.5) is 0 Å². The molecule has 1 atom stereocenters. The molecule has 0 aliphatic heterocycles. The second kappa shape index (κ2) is 8.28. The number of nitrogens with zero attached hydrogens (tertiary/aromatic N) is 4.